The smallest absolute Gasteiger partial charge is 0.0965 e. The minimum atomic E-state index is 0.554. The molecule has 0 radical (unpaired) electrons. The van der Waals surface area contributed by atoms with Crippen molar-refractivity contribution in [1.82, 2.24) is 0 Å². The predicted octanol–water partition coefficient (Wildman–Crippen LogP) is 1.90. The highest BCUT2D eigenvalue weighted by atomic mass is 14.6. The summed E-state index contributed by atoms with van der Waals surface area (Å²) < 4.78 is 0. The van der Waals surface area contributed by atoms with Gasteiger partial charge in [-0.2, -0.15) is 5.26 Å². The Kier molecular flexibility index (Phi) is 2.49. The van der Waals surface area contributed by atoms with E-state index in [9.17, 15) is 0 Å². The Morgan fingerprint density at radius 2 is 1.92 bits per heavy atom. The molecule has 60 valence electrons. The first-order chi connectivity index (χ1) is 5.75. The maximum absolute atomic E-state index is 8.58. The van der Waals surface area contributed by atoms with E-state index in [2.05, 4.69) is 0 Å². The van der Waals surface area contributed by atoms with Crippen molar-refractivity contribution in [3.63, 3.8) is 0 Å². The van der Waals surface area contributed by atoms with Gasteiger partial charge in [-0.25, -0.2) is 0 Å². The SMILES string of the molecule is C/C(C#N)=C(/N)c1ccccc1. The molecule has 0 aliphatic carbocycles. The van der Waals surface area contributed by atoms with Crippen molar-refractivity contribution in [2.75, 3.05) is 0 Å². The number of nitrogens with zero attached hydrogens (tertiary/aromatic N) is 1. The van der Waals surface area contributed by atoms with Crippen LogP contribution < -0.4 is 5.73 Å². The lowest BCUT2D eigenvalue weighted by atomic mass is 10.1. The highest BCUT2D eigenvalue weighted by molar-refractivity contribution is 5.68. The van der Waals surface area contributed by atoms with Crippen molar-refractivity contribution >= 4 is 5.70 Å². The summed E-state index contributed by atoms with van der Waals surface area (Å²) in [6.07, 6.45) is 0. The van der Waals surface area contributed by atoms with E-state index in [0.717, 1.165) is 5.56 Å². The lowest BCUT2D eigenvalue weighted by Gasteiger charge is -2.00. The number of rotatable bonds is 1. The highest BCUT2D eigenvalue weighted by Gasteiger charge is 1.98. The van der Waals surface area contributed by atoms with E-state index in [1.54, 1.807) is 6.92 Å². The molecule has 0 atom stereocenters. The molecule has 2 N–H and O–H groups in total. The molecular weight excluding hydrogens is 148 g/mol. The summed E-state index contributed by atoms with van der Waals surface area (Å²) in [5.74, 6) is 0. The third kappa shape index (κ3) is 1.64. The van der Waals surface area contributed by atoms with Crippen LogP contribution in [0.1, 0.15) is 12.5 Å². The Bertz CT molecular complexity index is 331. The number of hydrogen-bond donors (Lipinski definition) is 1. The molecule has 0 unspecified atom stereocenters. The van der Waals surface area contributed by atoms with E-state index in [-0.39, 0.29) is 0 Å². The van der Waals surface area contributed by atoms with Crippen LogP contribution in [0.4, 0.5) is 0 Å². The zero-order valence-corrected chi connectivity index (χ0v) is 6.91. The zero-order valence-electron chi connectivity index (χ0n) is 6.91. The van der Waals surface area contributed by atoms with Crippen LogP contribution in [0.5, 0.6) is 0 Å². The predicted molar refractivity (Wildman–Crippen MR) is 48.8 cm³/mol. The molecule has 0 aliphatic heterocycles. The first-order valence-corrected chi connectivity index (χ1v) is 3.67. The Morgan fingerprint density at radius 3 is 2.42 bits per heavy atom. The number of nitriles is 1. The van der Waals surface area contributed by atoms with E-state index in [1.165, 1.54) is 0 Å². The third-order valence-electron chi connectivity index (χ3n) is 1.66. The molecule has 0 saturated heterocycles. The van der Waals surface area contributed by atoms with Crippen LogP contribution in [0.3, 0.4) is 0 Å². The minimum absolute atomic E-state index is 0.554. The van der Waals surface area contributed by atoms with Crippen molar-refractivity contribution in [3.05, 3.63) is 41.5 Å². The summed E-state index contributed by atoms with van der Waals surface area (Å²) in [5.41, 5.74) is 7.72. The van der Waals surface area contributed by atoms with Crippen molar-refractivity contribution < 1.29 is 0 Å². The summed E-state index contributed by atoms with van der Waals surface area (Å²) >= 11 is 0. The quantitative estimate of drug-likeness (QED) is 0.634. The second-order valence-electron chi connectivity index (χ2n) is 2.52. The molecular formula is C10H10N2. The largest absolute Gasteiger partial charge is 0.397 e. The van der Waals surface area contributed by atoms with Gasteiger partial charge >= 0.3 is 0 Å². The van der Waals surface area contributed by atoms with Crippen molar-refractivity contribution in [3.8, 4) is 6.07 Å². The standard InChI is InChI=1S/C10H10N2/c1-8(7-11)10(12)9-5-3-2-4-6-9/h2-6H,12H2,1H3/b10-8-. The fourth-order valence-corrected chi connectivity index (χ4v) is 0.894. The molecule has 1 aromatic rings. The Labute approximate surface area is 71.9 Å². The van der Waals surface area contributed by atoms with Crippen LogP contribution in [0.25, 0.3) is 5.70 Å². The molecule has 2 heteroatoms. The van der Waals surface area contributed by atoms with E-state index in [1.807, 2.05) is 36.4 Å². The van der Waals surface area contributed by atoms with Gasteiger partial charge in [0.15, 0.2) is 0 Å². The topological polar surface area (TPSA) is 49.8 Å². The lowest BCUT2D eigenvalue weighted by molar-refractivity contribution is 1.39. The summed E-state index contributed by atoms with van der Waals surface area (Å²) in [4.78, 5) is 0. The molecule has 0 bridgehead atoms. The number of benzene rings is 1. The molecule has 0 aromatic heterocycles. The summed E-state index contributed by atoms with van der Waals surface area (Å²) in [6, 6.07) is 11.5. The molecule has 2 nitrogen and oxygen atoms in total. The van der Waals surface area contributed by atoms with Gasteiger partial charge < -0.3 is 5.73 Å². The van der Waals surface area contributed by atoms with Crippen molar-refractivity contribution in [2.45, 2.75) is 6.92 Å². The van der Waals surface area contributed by atoms with Crippen LogP contribution in [0.15, 0.2) is 35.9 Å². The highest BCUT2D eigenvalue weighted by Crippen LogP contribution is 2.11. The van der Waals surface area contributed by atoms with Crippen LogP contribution >= 0.6 is 0 Å². The Morgan fingerprint density at radius 1 is 1.33 bits per heavy atom. The molecule has 0 saturated carbocycles. The molecule has 0 aliphatic rings. The van der Waals surface area contributed by atoms with Gasteiger partial charge in [-0.05, 0) is 12.5 Å². The minimum Gasteiger partial charge on any atom is -0.397 e. The maximum Gasteiger partial charge on any atom is 0.0965 e. The summed E-state index contributed by atoms with van der Waals surface area (Å²) in [5, 5.41) is 8.58. The second kappa shape index (κ2) is 3.59. The Balaban J connectivity index is 3.11. The van der Waals surface area contributed by atoms with E-state index in [4.69, 9.17) is 11.0 Å². The van der Waals surface area contributed by atoms with Gasteiger partial charge in [-0.3, -0.25) is 0 Å². The van der Waals surface area contributed by atoms with E-state index >= 15 is 0 Å². The van der Waals surface area contributed by atoms with Crippen molar-refractivity contribution in [2.24, 2.45) is 5.73 Å². The van der Waals surface area contributed by atoms with Gasteiger partial charge in [0, 0.05) is 5.57 Å². The average molecular weight is 158 g/mol. The van der Waals surface area contributed by atoms with Gasteiger partial charge in [-0.1, -0.05) is 30.3 Å². The van der Waals surface area contributed by atoms with Crippen LogP contribution in [-0.2, 0) is 0 Å². The van der Waals surface area contributed by atoms with Crippen LogP contribution in [-0.4, -0.2) is 0 Å². The fourth-order valence-electron chi connectivity index (χ4n) is 0.894. The summed E-state index contributed by atoms with van der Waals surface area (Å²) in [7, 11) is 0. The first kappa shape index (κ1) is 8.35. The average Bonchev–Trinajstić information content (AvgIpc) is 2.17. The van der Waals surface area contributed by atoms with Crippen molar-refractivity contribution in [1.29, 1.82) is 5.26 Å². The third-order valence-corrected chi connectivity index (χ3v) is 1.66. The van der Waals surface area contributed by atoms with Gasteiger partial charge in [-0.15, -0.1) is 0 Å². The lowest BCUT2D eigenvalue weighted by Crippen LogP contribution is -1.98. The van der Waals surface area contributed by atoms with Gasteiger partial charge in [0.2, 0.25) is 0 Å². The number of allylic oxidation sites excluding steroid dienone is 1. The van der Waals surface area contributed by atoms with Crippen LogP contribution in [0.2, 0.25) is 0 Å². The fraction of sp³-hybridized carbons (Fsp3) is 0.100. The van der Waals surface area contributed by atoms with Gasteiger partial charge in [0.1, 0.15) is 0 Å². The molecule has 1 rings (SSSR count). The number of hydrogen-bond acceptors (Lipinski definition) is 2. The summed E-state index contributed by atoms with van der Waals surface area (Å²) in [6.45, 7) is 1.71. The zero-order chi connectivity index (χ0) is 8.97. The van der Waals surface area contributed by atoms with Crippen LogP contribution in [0, 0.1) is 11.3 Å². The molecule has 12 heavy (non-hydrogen) atoms. The molecule has 1 aromatic carbocycles. The number of nitrogens with two attached hydrogens (primary N) is 1. The second-order valence-corrected chi connectivity index (χ2v) is 2.52. The molecule has 0 spiro atoms. The van der Waals surface area contributed by atoms with Gasteiger partial charge in [0.25, 0.3) is 0 Å². The molecule has 0 amide bonds. The monoisotopic (exact) mass is 158 g/mol. The van der Waals surface area contributed by atoms with Gasteiger partial charge in [0.05, 0.1) is 11.8 Å². The van der Waals surface area contributed by atoms with E-state index in [0.29, 0.717) is 11.3 Å². The van der Waals surface area contributed by atoms with E-state index < -0.39 is 0 Å². The molecule has 0 heterocycles. The molecule has 0 fully saturated rings. The first-order valence-electron chi connectivity index (χ1n) is 3.67. The maximum atomic E-state index is 8.58. The normalized spacial score (nSPS) is 11.7. The Hall–Kier alpha value is -1.75.